The van der Waals surface area contributed by atoms with Gasteiger partial charge in [0, 0.05) is 12.1 Å². The number of alkyl halides is 2. The molecule has 13 heavy (non-hydrogen) atoms. The maximum Gasteiger partial charge on any atom is 0.387 e. The van der Waals surface area contributed by atoms with Crippen molar-refractivity contribution in [3.05, 3.63) is 22.2 Å². The van der Waals surface area contributed by atoms with Gasteiger partial charge in [0.2, 0.25) is 0 Å². The molecule has 0 saturated heterocycles. The minimum atomic E-state index is -3.00. The Morgan fingerprint density at radius 3 is 2.46 bits per heavy atom. The predicted octanol–water partition coefficient (Wildman–Crippen LogP) is 3.30. The lowest BCUT2D eigenvalue weighted by molar-refractivity contribution is -0.0498. The Bertz CT molecular complexity index is 318. The van der Waals surface area contributed by atoms with Gasteiger partial charge in [-0.15, -0.1) is 0 Å². The van der Waals surface area contributed by atoms with Crippen molar-refractivity contribution in [2.45, 2.75) is 6.61 Å². The van der Waals surface area contributed by atoms with Crippen LogP contribution in [0.15, 0.2) is 12.1 Å². The fourth-order valence-electron chi connectivity index (χ4n) is 0.732. The van der Waals surface area contributed by atoms with Crippen LogP contribution in [0.4, 0.5) is 8.78 Å². The molecule has 0 aliphatic heterocycles. The van der Waals surface area contributed by atoms with Crippen LogP contribution in [0.5, 0.6) is 11.5 Å². The van der Waals surface area contributed by atoms with Crippen LogP contribution in [0.25, 0.3) is 0 Å². The van der Waals surface area contributed by atoms with Crippen molar-refractivity contribution in [3.63, 3.8) is 0 Å². The molecule has 72 valence electrons. The Labute approximate surface area is 82.6 Å². The van der Waals surface area contributed by atoms with Gasteiger partial charge in [-0.05, 0) is 0 Å². The fraction of sp³-hybridized carbons (Fsp3) is 0.143. The Hall–Kier alpha value is -0.740. The number of aromatic hydroxyl groups is 1. The molecule has 6 heteroatoms. The van der Waals surface area contributed by atoms with Crippen molar-refractivity contribution < 1.29 is 18.6 Å². The maximum absolute atomic E-state index is 11.8. The molecule has 1 rings (SSSR count). The minimum absolute atomic E-state index is 0.0442. The van der Waals surface area contributed by atoms with Gasteiger partial charge in [0.15, 0.2) is 0 Å². The van der Waals surface area contributed by atoms with E-state index in [2.05, 4.69) is 4.74 Å². The van der Waals surface area contributed by atoms with E-state index in [1.54, 1.807) is 0 Å². The van der Waals surface area contributed by atoms with Gasteiger partial charge in [0.1, 0.15) is 16.5 Å². The molecular formula is C7H4Cl2F2O2. The third kappa shape index (κ3) is 2.60. The molecule has 1 N–H and O–H groups in total. The molecule has 0 saturated carbocycles. The van der Waals surface area contributed by atoms with Crippen LogP contribution in [0.2, 0.25) is 10.0 Å². The lowest BCUT2D eigenvalue weighted by atomic mass is 10.3. The number of rotatable bonds is 2. The number of hydrogen-bond acceptors (Lipinski definition) is 2. The van der Waals surface area contributed by atoms with Crippen LogP contribution < -0.4 is 4.74 Å². The number of phenols is 1. The predicted molar refractivity (Wildman–Crippen MR) is 44.8 cm³/mol. The molecule has 0 fully saturated rings. The van der Waals surface area contributed by atoms with Gasteiger partial charge in [-0.25, -0.2) is 0 Å². The molecule has 0 unspecified atom stereocenters. The molecular weight excluding hydrogens is 225 g/mol. The largest absolute Gasteiger partial charge is 0.508 e. The highest BCUT2D eigenvalue weighted by Crippen LogP contribution is 2.36. The van der Waals surface area contributed by atoms with Crippen molar-refractivity contribution in [2.75, 3.05) is 0 Å². The summed E-state index contributed by atoms with van der Waals surface area (Å²) in [5.74, 6) is -0.633. The first-order chi connectivity index (χ1) is 6.00. The number of halogens is 4. The van der Waals surface area contributed by atoms with Gasteiger partial charge in [0.25, 0.3) is 0 Å². The summed E-state index contributed by atoms with van der Waals surface area (Å²) in [5.41, 5.74) is 0. The zero-order valence-corrected chi connectivity index (χ0v) is 7.61. The molecule has 0 aromatic heterocycles. The van der Waals surface area contributed by atoms with E-state index in [-0.39, 0.29) is 21.5 Å². The highest BCUT2D eigenvalue weighted by molar-refractivity contribution is 6.43. The van der Waals surface area contributed by atoms with Crippen LogP contribution >= 0.6 is 23.2 Å². The fourth-order valence-corrected chi connectivity index (χ4v) is 1.09. The zero-order chi connectivity index (χ0) is 10.0. The Morgan fingerprint density at radius 2 is 1.92 bits per heavy atom. The molecule has 0 amide bonds. The van der Waals surface area contributed by atoms with Gasteiger partial charge < -0.3 is 9.84 Å². The topological polar surface area (TPSA) is 29.5 Å². The van der Waals surface area contributed by atoms with Crippen LogP contribution in [0.3, 0.4) is 0 Å². The SMILES string of the molecule is Oc1cc(Cl)c(Cl)c(OC(F)F)c1. The lowest BCUT2D eigenvalue weighted by Gasteiger charge is -2.07. The van der Waals surface area contributed by atoms with Crippen molar-refractivity contribution in [1.29, 1.82) is 0 Å². The van der Waals surface area contributed by atoms with E-state index < -0.39 is 6.61 Å². The molecule has 0 aliphatic carbocycles. The van der Waals surface area contributed by atoms with E-state index in [0.29, 0.717) is 0 Å². The van der Waals surface area contributed by atoms with Crippen LogP contribution in [-0.2, 0) is 0 Å². The number of hydrogen-bond donors (Lipinski definition) is 1. The second-order valence-electron chi connectivity index (χ2n) is 2.12. The van der Waals surface area contributed by atoms with E-state index in [1.807, 2.05) is 0 Å². The molecule has 1 aromatic rings. The normalized spacial score (nSPS) is 10.5. The van der Waals surface area contributed by atoms with Crippen LogP contribution in [0, 0.1) is 0 Å². The minimum Gasteiger partial charge on any atom is -0.508 e. The summed E-state index contributed by atoms with van der Waals surface area (Å²) in [7, 11) is 0. The van der Waals surface area contributed by atoms with Crippen molar-refractivity contribution in [1.82, 2.24) is 0 Å². The second kappa shape index (κ2) is 3.98. The molecule has 0 atom stereocenters. The summed E-state index contributed by atoms with van der Waals surface area (Å²) in [5, 5.41) is 8.77. The van der Waals surface area contributed by atoms with E-state index in [1.165, 1.54) is 0 Å². The van der Waals surface area contributed by atoms with Crippen LogP contribution in [0.1, 0.15) is 0 Å². The smallest absolute Gasteiger partial charge is 0.387 e. The van der Waals surface area contributed by atoms with Gasteiger partial charge in [-0.1, -0.05) is 23.2 Å². The summed E-state index contributed by atoms with van der Waals surface area (Å²) in [4.78, 5) is 0. The second-order valence-corrected chi connectivity index (χ2v) is 2.90. The third-order valence-corrected chi connectivity index (χ3v) is 1.98. The van der Waals surface area contributed by atoms with Gasteiger partial charge in [0.05, 0.1) is 5.02 Å². The molecule has 0 aliphatic rings. The molecule has 0 bridgehead atoms. The van der Waals surface area contributed by atoms with Crippen molar-refractivity contribution >= 4 is 23.2 Å². The first-order valence-corrected chi connectivity index (χ1v) is 3.89. The first-order valence-electron chi connectivity index (χ1n) is 3.13. The summed E-state index contributed by atoms with van der Waals surface area (Å²) >= 11 is 11.0. The van der Waals surface area contributed by atoms with Crippen molar-refractivity contribution in [2.24, 2.45) is 0 Å². The van der Waals surface area contributed by atoms with Crippen molar-refractivity contribution in [3.8, 4) is 11.5 Å². The first kappa shape index (κ1) is 10.3. The maximum atomic E-state index is 11.8. The molecule has 0 radical (unpaired) electrons. The Kier molecular flexibility index (Phi) is 3.17. The summed E-state index contributed by atoms with van der Waals surface area (Å²) in [6.07, 6.45) is 0. The summed E-state index contributed by atoms with van der Waals surface area (Å²) in [6, 6.07) is 2.09. The molecule has 1 aromatic carbocycles. The molecule has 2 nitrogen and oxygen atoms in total. The Balaban J connectivity index is 3.05. The molecule has 0 heterocycles. The van der Waals surface area contributed by atoms with Gasteiger partial charge in [-0.3, -0.25) is 0 Å². The van der Waals surface area contributed by atoms with E-state index >= 15 is 0 Å². The highest BCUT2D eigenvalue weighted by atomic mass is 35.5. The monoisotopic (exact) mass is 228 g/mol. The highest BCUT2D eigenvalue weighted by Gasteiger charge is 2.12. The number of benzene rings is 1. The standard InChI is InChI=1S/C7H4Cl2F2O2/c8-4-1-3(12)2-5(6(4)9)13-7(10)11/h1-2,7,12H. The number of phenolic OH excluding ortho intramolecular Hbond substituents is 1. The Morgan fingerprint density at radius 1 is 1.31 bits per heavy atom. The van der Waals surface area contributed by atoms with E-state index in [9.17, 15) is 8.78 Å². The van der Waals surface area contributed by atoms with Gasteiger partial charge >= 0.3 is 6.61 Å². The zero-order valence-electron chi connectivity index (χ0n) is 6.10. The average molecular weight is 229 g/mol. The summed E-state index contributed by atoms with van der Waals surface area (Å²) in [6.45, 7) is -3.00. The average Bonchev–Trinajstić information content (AvgIpc) is 1.98. The number of ether oxygens (including phenoxy) is 1. The van der Waals surface area contributed by atoms with Gasteiger partial charge in [-0.2, -0.15) is 8.78 Å². The van der Waals surface area contributed by atoms with Crippen LogP contribution in [-0.4, -0.2) is 11.7 Å². The quantitative estimate of drug-likeness (QED) is 0.842. The third-order valence-electron chi connectivity index (χ3n) is 1.20. The van der Waals surface area contributed by atoms with E-state index in [4.69, 9.17) is 28.3 Å². The molecule has 0 spiro atoms. The van der Waals surface area contributed by atoms with E-state index in [0.717, 1.165) is 12.1 Å². The lowest BCUT2D eigenvalue weighted by Crippen LogP contribution is -2.02. The summed E-state index contributed by atoms with van der Waals surface area (Å²) < 4.78 is 27.5.